The fraction of sp³-hybridized carbons (Fsp3) is 0.500. The van der Waals surface area contributed by atoms with E-state index in [1.165, 1.54) is 85.1 Å². The Morgan fingerprint density at radius 2 is 1.18 bits per heavy atom. The fourth-order valence-corrected chi connectivity index (χ4v) is 9.17. The summed E-state index contributed by atoms with van der Waals surface area (Å²) in [5.41, 5.74) is 2.47. The van der Waals surface area contributed by atoms with Gasteiger partial charge in [-0.05, 0) is 87.1 Å². The lowest BCUT2D eigenvalue weighted by Crippen LogP contribution is -2.05. The van der Waals surface area contributed by atoms with E-state index in [1.54, 1.807) is 60.0 Å². The zero-order chi connectivity index (χ0) is 35.4. The summed E-state index contributed by atoms with van der Waals surface area (Å²) in [7, 11) is 0. The first kappa shape index (κ1) is 39.9. The molecular formula is C40H50N2O4S3. The zero-order valence-electron chi connectivity index (χ0n) is 29.5. The van der Waals surface area contributed by atoms with Crippen molar-refractivity contribution in [3.63, 3.8) is 0 Å². The van der Waals surface area contributed by atoms with Crippen molar-refractivity contribution >= 4 is 58.1 Å². The van der Waals surface area contributed by atoms with Crippen molar-refractivity contribution in [2.75, 3.05) is 13.2 Å². The Kier molecular flexibility index (Phi) is 18.1. The molecule has 0 aliphatic rings. The molecule has 262 valence electrons. The summed E-state index contributed by atoms with van der Waals surface area (Å²) in [6.07, 6.45) is 19.7. The minimum Gasteiger partial charge on any atom is -0.471 e. The number of ether oxygens (including phenoxy) is 2. The number of unbranched alkanes of at least 4 members (excludes halogenated alkanes) is 10. The molecule has 3 heterocycles. The van der Waals surface area contributed by atoms with Gasteiger partial charge < -0.3 is 9.47 Å². The number of esters is 2. The van der Waals surface area contributed by atoms with Gasteiger partial charge in [-0.15, -0.1) is 34.0 Å². The zero-order valence-corrected chi connectivity index (χ0v) is 32.0. The molecule has 0 saturated carbocycles. The molecule has 0 radical (unpaired) electrons. The lowest BCUT2D eigenvalue weighted by atomic mass is 10.0. The van der Waals surface area contributed by atoms with Crippen LogP contribution in [0, 0.1) is 17.9 Å². The molecule has 6 nitrogen and oxygen atoms in total. The number of hydrogen-bond acceptors (Lipinski definition) is 8. The molecule has 0 atom stereocenters. The average Bonchev–Trinajstić information content (AvgIpc) is 3.84. The second kappa shape index (κ2) is 22.3. The Labute approximate surface area is 305 Å². The van der Waals surface area contributed by atoms with Gasteiger partial charge >= 0.3 is 11.9 Å². The number of aryl methyl sites for hydroxylation is 2. The predicted octanol–water partition coefficient (Wildman–Crippen LogP) is 12.3. The third kappa shape index (κ3) is 12.7. The van der Waals surface area contributed by atoms with E-state index >= 15 is 0 Å². The summed E-state index contributed by atoms with van der Waals surface area (Å²) in [6, 6.07) is 10.6. The van der Waals surface area contributed by atoms with Crippen LogP contribution in [0.1, 0.15) is 126 Å². The molecule has 0 spiro atoms. The maximum atomic E-state index is 12.4. The minimum atomic E-state index is -0.597. The van der Waals surface area contributed by atoms with Crippen molar-refractivity contribution in [2.45, 2.75) is 118 Å². The molecule has 9 heteroatoms. The van der Waals surface area contributed by atoms with Gasteiger partial charge in [-0.3, -0.25) is 4.79 Å². The lowest BCUT2D eigenvalue weighted by molar-refractivity contribution is -0.138. The summed E-state index contributed by atoms with van der Waals surface area (Å²) in [5.74, 6) is -1.19. The normalized spacial score (nSPS) is 11.7. The summed E-state index contributed by atoms with van der Waals surface area (Å²) >= 11 is 4.97. The van der Waals surface area contributed by atoms with Gasteiger partial charge in [0.2, 0.25) is 0 Å². The third-order valence-electron chi connectivity index (χ3n) is 8.10. The highest BCUT2D eigenvalue weighted by Crippen LogP contribution is 2.44. The van der Waals surface area contributed by atoms with Gasteiger partial charge in [0.1, 0.15) is 11.6 Å². The first-order chi connectivity index (χ1) is 23.9. The molecule has 0 aromatic carbocycles. The highest BCUT2D eigenvalue weighted by Gasteiger charge is 2.19. The summed E-state index contributed by atoms with van der Waals surface area (Å²) in [5, 5.41) is 9.66. The van der Waals surface area contributed by atoms with Crippen LogP contribution in [-0.4, -0.2) is 25.2 Å². The molecule has 0 N–H and O–H groups in total. The molecule has 49 heavy (non-hydrogen) atoms. The van der Waals surface area contributed by atoms with E-state index in [1.807, 2.05) is 6.07 Å². The van der Waals surface area contributed by atoms with Crippen molar-refractivity contribution in [2.24, 2.45) is 0 Å². The van der Waals surface area contributed by atoms with E-state index in [9.17, 15) is 14.9 Å². The van der Waals surface area contributed by atoms with Crippen molar-refractivity contribution in [1.82, 2.24) is 0 Å². The topological polar surface area (TPSA) is 80.8 Å². The largest absolute Gasteiger partial charge is 0.471 e. The van der Waals surface area contributed by atoms with E-state index in [4.69, 9.17) is 16.0 Å². The number of nitriles is 1. The van der Waals surface area contributed by atoms with Gasteiger partial charge in [0.05, 0.1) is 19.8 Å². The maximum absolute atomic E-state index is 12.4. The van der Waals surface area contributed by atoms with Crippen LogP contribution in [0.25, 0.3) is 36.5 Å². The van der Waals surface area contributed by atoms with Crippen LogP contribution in [0.2, 0.25) is 0 Å². The van der Waals surface area contributed by atoms with Crippen LogP contribution in [0.4, 0.5) is 0 Å². The van der Waals surface area contributed by atoms with Gasteiger partial charge in [-0.1, -0.05) is 78.1 Å². The van der Waals surface area contributed by atoms with Crippen LogP contribution in [0.3, 0.4) is 0 Å². The van der Waals surface area contributed by atoms with E-state index in [2.05, 4.69) is 43.0 Å². The first-order valence-corrected chi connectivity index (χ1v) is 20.2. The third-order valence-corrected chi connectivity index (χ3v) is 11.8. The Balaban J connectivity index is 1.98. The number of hydrogen-bond donors (Lipinski definition) is 0. The fourth-order valence-electron chi connectivity index (χ4n) is 5.57. The number of nitrogens with zero attached hydrogens (tertiary/aromatic N) is 2. The Bertz CT molecular complexity index is 1520. The van der Waals surface area contributed by atoms with Crippen LogP contribution in [0.5, 0.6) is 0 Å². The molecule has 0 fully saturated rings. The van der Waals surface area contributed by atoms with Crippen molar-refractivity contribution < 1.29 is 19.1 Å². The lowest BCUT2D eigenvalue weighted by Gasteiger charge is -2.04. The molecule has 3 aromatic rings. The Hall–Kier alpha value is -3.50. The molecule has 3 aromatic heterocycles. The van der Waals surface area contributed by atoms with Crippen molar-refractivity contribution in [1.29, 1.82) is 5.26 Å². The van der Waals surface area contributed by atoms with Crippen molar-refractivity contribution in [3.05, 3.63) is 67.8 Å². The molecule has 0 bridgehead atoms. The van der Waals surface area contributed by atoms with Gasteiger partial charge in [-0.25, -0.2) is 9.64 Å². The van der Waals surface area contributed by atoms with E-state index in [0.29, 0.717) is 0 Å². The van der Waals surface area contributed by atoms with Gasteiger partial charge in [0.25, 0.3) is 5.70 Å². The van der Waals surface area contributed by atoms with Crippen molar-refractivity contribution in [3.8, 4) is 25.6 Å². The number of thiophene rings is 3. The SMILES string of the molecule is [C-]#[N+]/C(=C\c1cc(CCCCCCCC)c(-c2ccc(-c3sc(/C=C(\C#N)C(=O)OCC)cc3CCCCCCCC)s2)s1)C(=O)OCC. The smallest absolute Gasteiger partial charge is 0.348 e. The minimum absolute atomic E-state index is 0.00717. The van der Waals surface area contributed by atoms with Gasteiger partial charge in [-0.2, -0.15) is 5.26 Å². The van der Waals surface area contributed by atoms with Crippen LogP contribution in [-0.2, 0) is 31.9 Å². The highest BCUT2D eigenvalue weighted by molar-refractivity contribution is 7.27. The quantitative estimate of drug-likeness (QED) is 0.0340. The van der Waals surface area contributed by atoms with Crippen LogP contribution >= 0.6 is 34.0 Å². The first-order valence-electron chi connectivity index (χ1n) is 17.8. The number of rotatable bonds is 22. The van der Waals surface area contributed by atoms with Gasteiger partial charge in [0, 0.05) is 29.3 Å². The molecule has 0 aliphatic carbocycles. The van der Waals surface area contributed by atoms with Crippen LogP contribution in [0.15, 0.2) is 35.5 Å². The summed E-state index contributed by atoms with van der Waals surface area (Å²) < 4.78 is 10.2. The monoisotopic (exact) mass is 718 g/mol. The molecule has 0 amide bonds. The molecule has 0 saturated heterocycles. The average molecular weight is 719 g/mol. The second-order valence-corrected chi connectivity index (χ2v) is 15.2. The maximum Gasteiger partial charge on any atom is 0.348 e. The summed E-state index contributed by atoms with van der Waals surface area (Å²) in [6.45, 7) is 15.9. The van der Waals surface area contributed by atoms with Crippen LogP contribution < -0.4 is 0 Å². The van der Waals surface area contributed by atoms with E-state index < -0.39 is 11.9 Å². The molecule has 0 unspecified atom stereocenters. The number of carbonyl (C=O) groups is 2. The molecule has 3 rings (SSSR count). The summed E-state index contributed by atoms with van der Waals surface area (Å²) in [4.78, 5) is 34.6. The predicted molar refractivity (Wildman–Crippen MR) is 207 cm³/mol. The Morgan fingerprint density at radius 3 is 1.65 bits per heavy atom. The molecule has 0 aliphatic heterocycles. The number of carbonyl (C=O) groups excluding carboxylic acids is 2. The van der Waals surface area contributed by atoms with Gasteiger partial charge in [0.15, 0.2) is 0 Å². The second-order valence-electron chi connectivity index (χ2n) is 12.0. The van der Waals surface area contributed by atoms with E-state index in [0.717, 1.165) is 45.2 Å². The van der Waals surface area contributed by atoms with E-state index in [-0.39, 0.29) is 24.5 Å². The highest BCUT2D eigenvalue weighted by atomic mass is 32.1. The molecular weight excluding hydrogens is 669 g/mol. The standard InChI is InChI=1S/C40H50N2O4S3/c1-6-10-12-14-16-18-20-29-24-32(26-31(28-41)39(43)45-8-3)47-37(29)35-22-23-36(49-35)38-30(21-19-17-15-13-11-7-2)25-33(48-38)27-34(42-5)40(44)46-9-4/h22-27H,6-21H2,1-4H3/b31-26+,34-27-. The Morgan fingerprint density at radius 1 is 0.714 bits per heavy atom.